The van der Waals surface area contributed by atoms with Crippen LogP contribution in [0.2, 0.25) is 0 Å². The number of urea groups is 1. The van der Waals surface area contributed by atoms with Crippen LogP contribution in [0, 0.1) is 12.3 Å². The number of hydrogen-bond acceptors (Lipinski definition) is 4. The van der Waals surface area contributed by atoms with E-state index in [0.717, 1.165) is 37.5 Å². The number of aromatic nitrogens is 3. The van der Waals surface area contributed by atoms with E-state index in [4.69, 9.17) is 4.74 Å². The van der Waals surface area contributed by atoms with E-state index in [1.54, 1.807) is 0 Å². The molecule has 0 aromatic carbocycles. The molecule has 122 valence electrons. The van der Waals surface area contributed by atoms with Crippen LogP contribution in [0.15, 0.2) is 0 Å². The molecule has 0 aliphatic carbocycles. The van der Waals surface area contributed by atoms with Crippen molar-refractivity contribution in [2.24, 2.45) is 5.41 Å². The van der Waals surface area contributed by atoms with Gasteiger partial charge >= 0.3 is 6.03 Å². The van der Waals surface area contributed by atoms with Gasteiger partial charge in [-0.3, -0.25) is 0 Å². The zero-order valence-electron chi connectivity index (χ0n) is 13.6. The average Bonchev–Trinajstić information content (AvgIpc) is 2.97. The van der Waals surface area contributed by atoms with E-state index in [1.807, 2.05) is 11.6 Å². The normalized spacial score (nSPS) is 26.5. The predicted molar refractivity (Wildman–Crippen MR) is 81.5 cm³/mol. The maximum atomic E-state index is 12.0. The number of fused-ring (bicyclic) bond motifs is 1. The van der Waals surface area contributed by atoms with Crippen LogP contribution in [0.4, 0.5) is 4.79 Å². The molecule has 0 saturated carbocycles. The van der Waals surface area contributed by atoms with Crippen molar-refractivity contribution in [2.75, 3.05) is 13.2 Å². The molecule has 0 radical (unpaired) electrons. The number of nitrogens with zero attached hydrogens (tertiary/aromatic N) is 3. The summed E-state index contributed by atoms with van der Waals surface area (Å²) in [6.45, 7) is 8.29. The summed E-state index contributed by atoms with van der Waals surface area (Å²) >= 11 is 0. The molecule has 2 N–H and O–H groups in total. The lowest BCUT2D eigenvalue weighted by Crippen LogP contribution is -2.47. The number of carbonyl (C=O) groups is 1. The molecule has 3 rings (SSSR count). The quantitative estimate of drug-likeness (QED) is 0.873. The first-order valence-electron chi connectivity index (χ1n) is 7.98. The number of amides is 2. The number of aryl methyl sites for hydroxylation is 2. The molecule has 2 amide bonds. The van der Waals surface area contributed by atoms with Crippen LogP contribution in [0.1, 0.15) is 38.3 Å². The van der Waals surface area contributed by atoms with Crippen molar-refractivity contribution in [1.29, 1.82) is 0 Å². The van der Waals surface area contributed by atoms with Crippen LogP contribution in [-0.2, 0) is 17.7 Å². The minimum atomic E-state index is -0.126. The van der Waals surface area contributed by atoms with Gasteiger partial charge in [-0.05, 0) is 25.2 Å². The Kier molecular flexibility index (Phi) is 4.08. The van der Waals surface area contributed by atoms with Gasteiger partial charge < -0.3 is 15.4 Å². The highest BCUT2D eigenvalue weighted by atomic mass is 16.5. The third kappa shape index (κ3) is 3.58. The summed E-state index contributed by atoms with van der Waals surface area (Å²) in [5, 5.41) is 10.3. The first kappa shape index (κ1) is 15.3. The van der Waals surface area contributed by atoms with Crippen molar-refractivity contribution in [1.82, 2.24) is 25.4 Å². The van der Waals surface area contributed by atoms with Crippen molar-refractivity contribution < 1.29 is 9.53 Å². The number of hydrogen-bond donors (Lipinski definition) is 2. The van der Waals surface area contributed by atoms with Gasteiger partial charge in [-0.15, -0.1) is 0 Å². The largest absolute Gasteiger partial charge is 0.376 e. The molecule has 3 heterocycles. The Morgan fingerprint density at radius 3 is 3.05 bits per heavy atom. The molecule has 0 bridgehead atoms. The lowest BCUT2D eigenvalue weighted by Gasteiger charge is -2.24. The molecule has 7 heteroatoms. The summed E-state index contributed by atoms with van der Waals surface area (Å²) in [4.78, 5) is 16.4. The molecule has 2 atom stereocenters. The van der Waals surface area contributed by atoms with Crippen LogP contribution in [0.25, 0.3) is 0 Å². The van der Waals surface area contributed by atoms with Crippen LogP contribution in [-0.4, -0.2) is 46.1 Å². The van der Waals surface area contributed by atoms with Gasteiger partial charge in [0.1, 0.15) is 11.6 Å². The molecule has 1 saturated heterocycles. The Morgan fingerprint density at radius 1 is 1.50 bits per heavy atom. The number of carbonyl (C=O) groups excluding carboxylic acids is 1. The molecule has 22 heavy (non-hydrogen) atoms. The maximum absolute atomic E-state index is 12.0. The lowest BCUT2D eigenvalue weighted by molar-refractivity contribution is 0.0999. The molecular weight excluding hydrogens is 282 g/mol. The van der Waals surface area contributed by atoms with E-state index >= 15 is 0 Å². The second kappa shape index (κ2) is 5.87. The number of ether oxygens (including phenoxy) is 1. The van der Waals surface area contributed by atoms with Crippen LogP contribution < -0.4 is 10.6 Å². The van der Waals surface area contributed by atoms with E-state index in [-0.39, 0.29) is 23.6 Å². The fourth-order valence-corrected chi connectivity index (χ4v) is 3.20. The van der Waals surface area contributed by atoms with Crippen molar-refractivity contribution in [3.63, 3.8) is 0 Å². The molecule has 0 spiro atoms. The van der Waals surface area contributed by atoms with E-state index in [1.165, 1.54) is 0 Å². The third-order valence-electron chi connectivity index (χ3n) is 4.28. The van der Waals surface area contributed by atoms with Gasteiger partial charge in [0.05, 0.1) is 25.3 Å². The van der Waals surface area contributed by atoms with E-state index in [2.05, 4.69) is 34.6 Å². The van der Waals surface area contributed by atoms with Crippen molar-refractivity contribution in [3.05, 3.63) is 11.6 Å². The highest BCUT2D eigenvalue weighted by molar-refractivity contribution is 5.74. The molecule has 1 fully saturated rings. The Morgan fingerprint density at radius 2 is 2.32 bits per heavy atom. The first-order valence-corrected chi connectivity index (χ1v) is 7.98. The van der Waals surface area contributed by atoms with Crippen molar-refractivity contribution in [3.8, 4) is 0 Å². The highest BCUT2D eigenvalue weighted by Crippen LogP contribution is 2.30. The standard InChI is InChI=1S/C15H25N5O2/c1-10-17-13-5-4-11(8-20(13)19-10)18-14(21)16-7-12-6-15(2,3)9-22-12/h11-12H,4-9H2,1-3H3,(H2,16,18,21). The van der Waals surface area contributed by atoms with Crippen LogP contribution in [0.3, 0.4) is 0 Å². The zero-order chi connectivity index (χ0) is 15.7. The minimum Gasteiger partial charge on any atom is -0.376 e. The van der Waals surface area contributed by atoms with Crippen molar-refractivity contribution >= 4 is 6.03 Å². The summed E-state index contributed by atoms with van der Waals surface area (Å²) in [5.74, 6) is 1.80. The Hall–Kier alpha value is -1.63. The Balaban J connectivity index is 1.43. The van der Waals surface area contributed by atoms with Gasteiger partial charge in [0.25, 0.3) is 0 Å². The first-order chi connectivity index (χ1) is 10.4. The second-order valence-corrected chi connectivity index (χ2v) is 7.15. The molecule has 2 aliphatic rings. The highest BCUT2D eigenvalue weighted by Gasteiger charge is 2.32. The van der Waals surface area contributed by atoms with Gasteiger partial charge in [0, 0.05) is 13.0 Å². The Bertz CT molecular complexity index is 554. The monoisotopic (exact) mass is 307 g/mol. The van der Waals surface area contributed by atoms with Crippen molar-refractivity contribution in [2.45, 2.75) is 58.7 Å². The summed E-state index contributed by atoms with van der Waals surface area (Å²) in [6.07, 6.45) is 2.86. The smallest absolute Gasteiger partial charge is 0.315 e. The van der Waals surface area contributed by atoms with Crippen LogP contribution in [0.5, 0.6) is 0 Å². The van der Waals surface area contributed by atoms with Gasteiger partial charge in [-0.25, -0.2) is 14.5 Å². The molecule has 2 unspecified atom stereocenters. The summed E-state index contributed by atoms with van der Waals surface area (Å²) in [5.41, 5.74) is 0.216. The van der Waals surface area contributed by atoms with Gasteiger partial charge in [0.2, 0.25) is 0 Å². The SMILES string of the molecule is Cc1nc2n(n1)CC(NC(=O)NCC1CC(C)(C)CO1)CC2. The number of nitrogens with one attached hydrogen (secondary N) is 2. The van der Waals surface area contributed by atoms with Gasteiger partial charge in [-0.2, -0.15) is 5.10 Å². The second-order valence-electron chi connectivity index (χ2n) is 7.15. The third-order valence-corrected chi connectivity index (χ3v) is 4.28. The summed E-state index contributed by atoms with van der Waals surface area (Å²) in [6, 6.07) is -0.0202. The predicted octanol–water partition coefficient (Wildman–Crippen LogP) is 1.02. The molecular formula is C15H25N5O2. The molecule has 1 aromatic heterocycles. The minimum absolute atomic E-state index is 0.106. The average molecular weight is 307 g/mol. The molecule has 1 aromatic rings. The summed E-state index contributed by atoms with van der Waals surface area (Å²) < 4.78 is 7.59. The lowest BCUT2D eigenvalue weighted by atomic mass is 9.91. The van der Waals surface area contributed by atoms with E-state index in [9.17, 15) is 4.79 Å². The van der Waals surface area contributed by atoms with Gasteiger partial charge in [0.15, 0.2) is 0 Å². The molecule has 2 aliphatic heterocycles. The topological polar surface area (TPSA) is 81.1 Å². The fourth-order valence-electron chi connectivity index (χ4n) is 3.20. The Labute approximate surface area is 130 Å². The maximum Gasteiger partial charge on any atom is 0.315 e. The summed E-state index contributed by atoms with van der Waals surface area (Å²) in [7, 11) is 0. The van der Waals surface area contributed by atoms with Gasteiger partial charge in [-0.1, -0.05) is 13.8 Å². The fraction of sp³-hybridized carbons (Fsp3) is 0.800. The molecule has 7 nitrogen and oxygen atoms in total. The number of rotatable bonds is 3. The van der Waals surface area contributed by atoms with E-state index in [0.29, 0.717) is 13.1 Å². The zero-order valence-corrected chi connectivity index (χ0v) is 13.6. The van der Waals surface area contributed by atoms with Crippen LogP contribution >= 0.6 is 0 Å². The van der Waals surface area contributed by atoms with E-state index < -0.39 is 0 Å².